The molecule has 1 amide bonds. The third-order valence-electron chi connectivity index (χ3n) is 4.08. The fraction of sp³-hybridized carbons (Fsp3) is 0.438. The highest BCUT2D eigenvalue weighted by Gasteiger charge is 2.25. The highest BCUT2D eigenvalue weighted by Crippen LogP contribution is 2.22. The molecule has 0 aromatic carbocycles. The number of anilines is 1. The fourth-order valence-corrected chi connectivity index (χ4v) is 2.83. The van der Waals surface area contributed by atoms with Gasteiger partial charge in [-0.3, -0.25) is 4.79 Å². The number of hydrogen-bond acceptors (Lipinski definition) is 4. The minimum Gasteiger partial charge on any atom is -0.363 e. The summed E-state index contributed by atoms with van der Waals surface area (Å²) in [7, 11) is 3.87. The molecule has 0 spiro atoms. The zero-order valence-corrected chi connectivity index (χ0v) is 13.0. The van der Waals surface area contributed by atoms with Gasteiger partial charge in [-0.15, -0.1) is 0 Å². The smallest absolute Gasteiger partial charge is 0.255 e. The van der Waals surface area contributed by atoms with Crippen molar-refractivity contribution in [1.82, 2.24) is 19.4 Å². The van der Waals surface area contributed by atoms with Crippen molar-refractivity contribution in [3.05, 3.63) is 42.6 Å². The molecule has 1 fully saturated rings. The molecule has 1 saturated heterocycles. The highest BCUT2D eigenvalue weighted by molar-refractivity contribution is 5.94. The van der Waals surface area contributed by atoms with Gasteiger partial charge in [-0.2, -0.15) is 0 Å². The molecule has 116 valence electrons. The third kappa shape index (κ3) is 2.95. The van der Waals surface area contributed by atoms with Gasteiger partial charge in [0.15, 0.2) is 0 Å². The molecule has 0 aliphatic carbocycles. The first-order valence-electron chi connectivity index (χ1n) is 7.55. The van der Waals surface area contributed by atoms with Gasteiger partial charge in [0, 0.05) is 45.8 Å². The predicted molar refractivity (Wildman–Crippen MR) is 85.0 cm³/mol. The van der Waals surface area contributed by atoms with Crippen LogP contribution in [0.2, 0.25) is 0 Å². The summed E-state index contributed by atoms with van der Waals surface area (Å²) in [5.41, 5.74) is 0.650. The lowest BCUT2D eigenvalue weighted by Crippen LogP contribution is -2.40. The molecule has 2 aromatic rings. The van der Waals surface area contributed by atoms with Crippen LogP contribution in [0.25, 0.3) is 0 Å². The maximum absolute atomic E-state index is 12.6. The van der Waals surface area contributed by atoms with E-state index in [0.717, 1.165) is 31.7 Å². The van der Waals surface area contributed by atoms with Crippen molar-refractivity contribution in [2.45, 2.75) is 18.9 Å². The Morgan fingerprint density at radius 3 is 2.86 bits per heavy atom. The molecule has 0 radical (unpaired) electrons. The lowest BCUT2D eigenvalue weighted by atomic mass is 10.0. The molecule has 1 aliphatic rings. The summed E-state index contributed by atoms with van der Waals surface area (Å²) in [6.45, 7) is 1.53. The van der Waals surface area contributed by atoms with E-state index in [1.54, 1.807) is 12.4 Å². The molecule has 6 heteroatoms. The van der Waals surface area contributed by atoms with Crippen molar-refractivity contribution in [2.75, 3.05) is 32.1 Å². The SMILES string of the molecule is CN(C)c1ccc(C(=O)N2CCC[C@@H](n3ccnc3)C2)cn1. The standard InChI is InChI=1S/C16H21N5O/c1-19(2)15-6-5-13(10-18-15)16(22)20-8-3-4-14(11-20)21-9-7-17-12-21/h5-7,9-10,12,14H,3-4,8,11H2,1-2H3/t14-/m1/s1. The van der Waals surface area contributed by atoms with Crippen molar-refractivity contribution in [3.8, 4) is 0 Å². The molecule has 0 unspecified atom stereocenters. The van der Waals surface area contributed by atoms with E-state index < -0.39 is 0 Å². The van der Waals surface area contributed by atoms with E-state index >= 15 is 0 Å². The third-order valence-corrected chi connectivity index (χ3v) is 4.08. The van der Waals surface area contributed by atoms with Crippen molar-refractivity contribution in [2.24, 2.45) is 0 Å². The van der Waals surface area contributed by atoms with E-state index in [0.29, 0.717) is 11.6 Å². The molecule has 0 bridgehead atoms. The summed E-state index contributed by atoms with van der Waals surface area (Å²) in [4.78, 5) is 24.9. The molecular formula is C16H21N5O. The van der Waals surface area contributed by atoms with Crippen LogP contribution in [0.4, 0.5) is 5.82 Å². The average Bonchev–Trinajstić information content (AvgIpc) is 3.09. The number of pyridine rings is 1. The lowest BCUT2D eigenvalue weighted by molar-refractivity contribution is 0.0679. The first-order chi connectivity index (χ1) is 10.6. The number of piperidine rings is 1. The number of carbonyl (C=O) groups excluding carboxylic acids is 1. The summed E-state index contributed by atoms with van der Waals surface area (Å²) < 4.78 is 2.09. The van der Waals surface area contributed by atoms with Crippen molar-refractivity contribution >= 4 is 11.7 Å². The van der Waals surface area contributed by atoms with E-state index in [-0.39, 0.29) is 5.91 Å². The Morgan fingerprint density at radius 1 is 1.36 bits per heavy atom. The Bertz CT molecular complexity index is 620. The number of nitrogens with zero attached hydrogens (tertiary/aromatic N) is 5. The Hall–Kier alpha value is -2.37. The first kappa shape index (κ1) is 14.6. The molecule has 22 heavy (non-hydrogen) atoms. The van der Waals surface area contributed by atoms with Crippen molar-refractivity contribution in [3.63, 3.8) is 0 Å². The summed E-state index contributed by atoms with van der Waals surface area (Å²) in [6.07, 6.45) is 9.33. The van der Waals surface area contributed by atoms with Crippen LogP contribution < -0.4 is 4.90 Å². The Morgan fingerprint density at radius 2 is 2.23 bits per heavy atom. The van der Waals surface area contributed by atoms with Gasteiger partial charge in [0.1, 0.15) is 5.82 Å². The van der Waals surface area contributed by atoms with Crippen LogP contribution in [0.3, 0.4) is 0 Å². The predicted octanol–water partition coefficient (Wildman–Crippen LogP) is 1.82. The zero-order chi connectivity index (χ0) is 15.5. The van der Waals surface area contributed by atoms with Gasteiger partial charge in [0.2, 0.25) is 0 Å². The average molecular weight is 299 g/mol. The Kier molecular flexibility index (Phi) is 4.09. The molecule has 1 atom stereocenters. The van der Waals surface area contributed by atoms with Gasteiger partial charge in [-0.1, -0.05) is 0 Å². The summed E-state index contributed by atoms with van der Waals surface area (Å²) in [6, 6.07) is 4.05. The van der Waals surface area contributed by atoms with Crippen molar-refractivity contribution in [1.29, 1.82) is 0 Å². The van der Waals surface area contributed by atoms with Gasteiger partial charge in [0.05, 0.1) is 17.9 Å². The topological polar surface area (TPSA) is 54.3 Å². The van der Waals surface area contributed by atoms with Crippen LogP contribution in [0, 0.1) is 0 Å². The molecular weight excluding hydrogens is 278 g/mol. The van der Waals surface area contributed by atoms with E-state index in [2.05, 4.69) is 14.5 Å². The lowest BCUT2D eigenvalue weighted by Gasteiger charge is -2.33. The summed E-state index contributed by atoms with van der Waals surface area (Å²) in [5.74, 6) is 0.911. The van der Waals surface area contributed by atoms with E-state index in [1.165, 1.54) is 0 Å². The second-order valence-corrected chi connectivity index (χ2v) is 5.86. The molecule has 1 aliphatic heterocycles. The molecule has 2 aromatic heterocycles. The molecule has 0 N–H and O–H groups in total. The normalized spacial score (nSPS) is 18.3. The van der Waals surface area contributed by atoms with E-state index in [9.17, 15) is 4.79 Å². The van der Waals surface area contributed by atoms with Crippen LogP contribution in [0.1, 0.15) is 29.2 Å². The molecule has 0 saturated carbocycles. The van der Waals surface area contributed by atoms with Crippen LogP contribution >= 0.6 is 0 Å². The minimum absolute atomic E-state index is 0.0580. The minimum atomic E-state index is 0.0580. The maximum Gasteiger partial charge on any atom is 0.255 e. The second-order valence-electron chi connectivity index (χ2n) is 5.86. The Balaban J connectivity index is 1.71. The monoisotopic (exact) mass is 299 g/mol. The number of imidazole rings is 1. The van der Waals surface area contributed by atoms with Crippen LogP contribution in [-0.4, -0.2) is 52.5 Å². The quantitative estimate of drug-likeness (QED) is 0.867. The van der Waals surface area contributed by atoms with Crippen LogP contribution in [0.15, 0.2) is 37.1 Å². The number of amides is 1. The number of aromatic nitrogens is 3. The van der Waals surface area contributed by atoms with Crippen LogP contribution in [0.5, 0.6) is 0 Å². The Labute approximate surface area is 130 Å². The fourth-order valence-electron chi connectivity index (χ4n) is 2.83. The van der Waals surface area contributed by atoms with Gasteiger partial charge in [0.25, 0.3) is 5.91 Å². The molecule has 3 heterocycles. The summed E-state index contributed by atoms with van der Waals surface area (Å²) in [5, 5.41) is 0. The molecule has 3 rings (SSSR count). The molecule has 6 nitrogen and oxygen atoms in total. The first-order valence-corrected chi connectivity index (χ1v) is 7.55. The summed E-state index contributed by atoms with van der Waals surface area (Å²) >= 11 is 0. The largest absolute Gasteiger partial charge is 0.363 e. The van der Waals surface area contributed by atoms with Gasteiger partial charge in [-0.05, 0) is 25.0 Å². The second kappa shape index (κ2) is 6.17. The number of rotatable bonds is 3. The van der Waals surface area contributed by atoms with E-state index in [1.807, 2.05) is 48.6 Å². The number of likely N-dealkylation sites (tertiary alicyclic amines) is 1. The van der Waals surface area contributed by atoms with Gasteiger partial charge in [-0.25, -0.2) is 9.97 Å². The van der Waals surface area contributed by atoms with Crippen molar-refractivity contribution < 1.29 is 4.79 Å². The van der Waals surface area contributed by atoms with Gasteiger partial charge < -0.3 is 14.4 Å². The van der Waals surface area contributed by atoms with E-state index in [4.69, 9.17) is 0 Å². The number of hydrogen-bond donors (Lipinski definition) is 0. The number of carbonyl (C=O) groups is 1. The van der Waals surface area contributed by atoms with Gasteiger partial charge >= 0.3 is 0 Å². The van der Waals surface area contributed by atoms with Crippen LogP contribution in [-0.2, 0) is 0 Å². The highest BCUT2D eigenvalue weighted by atomic mass is 16.2. The zero-order valence-electron chi connectivity index (χ0n) is 13.0. The maximum atomic E-state index is 12.6.